The molecule has 0 radical (unpaired) electrons. The first-order chi connectivity index (χ1) is 7.65. The molecule has 2 atom stereocenters. The highest BCUT2D eigenvalue weighted by Crippen LogP contribution is 2.09. The van der Waals surface area contributed by atoms with Gasteiger partial charge in [0, 0.05) is 13.2 Å². The SMILES string of the molecule is C=CCC(N)C(=O)NCC(CCC)CCO. The zero-order valence-corrected chi connectivity index (χ0v) is 10.1. The average Bonchev–Trinajstić information content (AvgIpc) is 2.26. The Hall–Kier alpha value is -0.870. The molecule has 0 aromatic rings. The minimum absolute atomic E-state index is 0.140. The monoisotopic (exact) mass is 228 g/mol. The van der Waals surface area contributed by atoms with Crippen LogP contribution in [0.3, 0.4) is 0 Å². The first-order valence-electron chi connectivity index (χ1n) is 5.90. The van der Waals surface area contributed by atoms with Crippen LogP contribution in [0.25, 0.3) is 0 Å². The summed E-state index contributed by atoms with van der Waals surface area (Å²) in [6, 6.07) is -0.506. The zero-order chi connectivity index (χ0) is 12.4. The van der Waals surface area contributed by atoms with Gasteiger partial charge in [0.2, 0.25) is 5.91 Å². The molecular formula is C12H24N2O2. The van der Waals surface area contributed by atoms with E-state index in [1.807, 2.05) is 0 Å². The van der Waals surface area contributed by atoms with E-state index in [0.29, 0.717) is 18.9 Å². The van der Waals surface area contributed by atoms with E-state index < -0.39 is 6.04 Å². The predicted molar refractivity (Wildman–Crippen MR) is 65.9 cm³/mol. The number of hydrogen-bond acceptors (Lipinski definition) is 3. The molecule has 2 unspecified atom stereocenters. The van der Waals surface area contributed by atoms with E-state index in [0.717, 1.165) is 19.3 Å². The van der Waals surface area contributed by atoms with Gasteiger partial charge in [-0.1, -0.05) is 19.4 Å². The molecule has 0 heterocycles. The maximum atomic E-state index is 11.5. The van der Waals surface area contributed by atoms with Gasteiger partial charge in [-0.3, -0.25) is 4.79 Å². The average molecular weight is 228 g/mol. The Morgan fingerprint density at radius 3 is 2.75 bits per heavy atom. The number of aliphatic hydroxyl groups is 1. The fourth-order valence-corrected chi connectivity index (χ4v) is 1.60. The van der Waals surface area contributed by atoms with Crippen molar-refractivity contribution in [3.63, 3.8) is 0 Å². The Morgan fingerprint density at radius 1 is 1.56 bits per heavy atom. The van der Waals surface area contributed by atoms with Gasteiger partial charge in [-0.15, -0.1) is 6.58 Å². The van der Waals surface area contributed by atoms with Crippen LogP contribution in [-0.4, -0.2) is 30.2 Å². The third-order valence-electron chi connectivity index (χ3n) is 2.56. The van der Waals surface area contributed by atoms with E-state index >= 15 is 0 Å². The van der Waals surface area contributed by atoms with Gasteiger partial charge in [0.15, 0.2) is 0 Å². The lowest BCUT2D eigenvalue weighted by Gasteiger charge is -2.17. The Bertz CT molecular complexity index is 201. The van der Waals surface area contributed by atoms with Crippen molar-refractivity contribution in [3.05, 3.63) is 12.7 Å². The highest BCUT2D eigenvalue weighted by Gasteiger charge is 2.13. The summed E-state index contributed by atoms with van der Waals surface area (Å²) in [4.78, 5) is 11.5. The van der Waals surface area contributed by atoms with Crippen LogP contribution in [0.15, 0.2) is 12.7 Å². The Labute approximate surface area is 97.9 Å². The summed E-state index contributed by atoms with van der Waals surface area (Å²) in [7, 11) is 0. The van der Waals surface area contributed by atoms with Crippen LogP contribution < -0.4 is 11.1 Å². The summed E-state index contributed by atoms with van der Waals surface area (Å²) in [6.45, 7) is 6.40. The third kappa shape index (κ3) is 6.58. The lowest BCUT2D eigenvalue weighted by atomic mass is 10.00. The molecule has 0 saturated heterocycles. The summed E-state index contributed by atoms with van der Waals surface area (Å²) in [5.74, 6) is 0.203. The normalized spacial score (nSPS) is 14.2. The maximum Gasteiger partial charge on any atom is 0.237 e. The van der Waals surface area contributed by atoms with E-state index in [-0.39, 0.29) is 12.5 Å². The Kier molecular flexibility index (Phi) is 8.85. The van der Waals surface area contributed by atoms with E-state index in [1.165, 1.54) is 0 Å². The van der Waals surface area contributed by atoms with Gasteiger partial charge in [-0.05, 0) is 25.2 Å². The highest BCUT2D eigenvalue weighted by molar-refractivity contribution is 5.81. The summed E-state index contributed by atoms with van der Waals surface area (Å²) >= 11 is 0. The molecule has 0 rings (SSSR count). The molecule has 0 aliphatic carbocycles. The molecule has 0 bridgehead atoms. The van der Waals surface area contributed by atoms with Gasteiger partial charge < -0.3 is 16.2 Å². The number of nitrogens with two attached hydrogens (primary N) is 1. The summed E-state index contributed by atoms with van der Waals surface area (Å²) in [5.41, 5.74) is 5.63. The fraction of sp³-hybridized carbons (Fsp3) is 0.750. The van der Waals surface area contributed by atoms with Gasteiger partial charge in [0.1, 0.15) is 0 Å². The van der Waals surface area contributed by atoms with E-state index in [9.17, 15) is 4.79 Å². The van der Waals surface area contributed by atoms with Crippen LogP contribution in [0.1, 0.15) is 32.6 Å². The van der Waals surface area contributed by atoms with Crippen molar-refractivity contribution >= 4 is 5.91 Å². The van der Waals surface area contributed by atoms with Crippen molar-refractivity contribution in [2.75, 3.05) is 13.2 Å². The second-order valence-electron chi connectivity index (χ2n) is 4.04. The molecular weight excluding hydrogens is 204 g/mol. The van der Waals surface area contributed by atoms with Gasteiger partial charge in [-0.25, -0.2) is 0 Å². The van der Waals surface area contributed by atoms with Gasteiger partial charge >= 0.3 is 0 Å². The van der Waals surface area contributed by atoms with Crippen molar-refractivity contribution in [2.24, 2.45) is 11.7 Å². The molecule has 0 fully saturated rings. The lowest BCUT2D eigenvalue weighted by Crippen LogP contribution is -2.42. The third-order valence-corrected chi connectivity index (χ3v) is 2.56. The standard InChI is InChI=1S/C12H24N2O2/c1-3-5-10(7-8-15)9-14-12(16)11(13)6-4-2/h4,10-11,15H,2-3,5-9,13H2,1H3,(H,14,16). The predicted octanol–water partition coefficient (Wildman–Crippen LogP) is 0.805. The molecule has 4 N–H and O–H groups in total. The molecule has 94 valence electrons. The van der Waals surface area contributed by atoms with E-state index in [1.54, 1.807) is 6.08 Å². The number of hydrogen-bond donors (Lipinski definition) is 3. The highest BCUT2D eigenvalue weighted by atomic mass is 16.3. The molecule has 4 nitrogen and oxygen atoms in total. The number of aliphatic hydroxyl groups excluding tert-OH is 1. The molecule has 0 saturated carbocycles. The van der Waals surface area contributed by atoms with Gasteiger partial charge in [0.05, 0.1) is 6.04 Å². The number of carbonyl (C=O) groups is 1. The van der Waals surface area contributed by atoms with Crippen molar-refractivity contribution in [1.29, 1.82) is 0 Å². The molecule has 0 aromatic heterocycles. The van der Waals surface area contributed by atoms with Crippen LogP contribution >= 0.6 is 0 Å². The van der Waals surface area contributed by atoms with Gasteiger partial charge in [0.25, 0.3) is 0 Å². The summed E-state index contributed by atoms with van der Waals surface area (Å²) in [6.07, 6.45) is 4.92. The first-order valence-corrected chi connectivity index (χ1v) is 5.90. The first kappa shape index (κ1) is 15.1. The van der Waals surface area contributed by atoms with Crippen LogP contribution in [0, 0.1) is 5.92 Å². The Balaban J connectivity index is 3.89. The largest absolute Gasteiger partial charge is 0.396 e. The Morgan fingerprint density at radius 2 is 2.25 bits per heavy atom. The summed E-state index contributed by atoms with van der Waals surface area (Å²) in [5, 5.41) is 11.7. The van der Waals surface area contributed by atoms with Crippen molar-refractivity contribution in [1.82, 2.24) is 5.32 Å². The molecule has 0 aliphatic heterocycles. The van der Waals surface area contributed by atoms with E-state index in [4.69, 9.17) is 10.8 Å². The van der Waals surface area contributed by atoms with Crippen LogP contribution in [0.5, 0.6) is 0 Å². The van der Waals surface area contributed by atoms with E-state index in [2.05, 4.69) is 18.8 Å². The minimum Gasteiger partial charge on any atom is -0.396 e. The molecule has 0 spiro atoms. The minimum atomic E-state index is -0.506. The topological polar surface area (TPSA) is 75.4 Å². The summed E-state index contributed by atoms with van der Waals surface area (Å²) < 4.78 is 0. The smallest absolute Gasteiger partial charge is 0.237 e. The van der Waals surface area contributed by atoms with Crippen molar-refractivity contribution < 1.29 is 9.90 Å². The van der Waals surface area contributed by atoms with Crippen molar-refractivity contribution in [3.8, 4) is 0 Å². The van der Waals surface area contributed by atoms with Crippen molar-refractivity contribution in [2.45, 2.75) is 38.6 Å². The molecule has 0 aromatic carbocycles. The van der Waals surface area contributed by atoms with Gasteiger partial charge in [-0.2, -0.15) is 0 Å². The molecule has 4 heteroatoms. The second kappa shape index (κ2) is 9.36. The number of amides is 1. The molecule has 0 aliphatic rings. The quantitative estimate of drug-likeness (QED) is 0.511. The number of rotatable bonds is 9. The van der Waals surface area contributed by atoms with Crippen LogP contribution in [0.2, 0.25) is 0 Å². The maximum absolute atomic E-state index is 11.5. The zero-order valence-electron chi connectivity index (χ0n) is 10.1. The molecule has 16 heavy (non-hydrogen) atoms. The fourth-order valence-electron chi connectivity index (χ4n) is 1.60. The number of carbonyl (C=O) groups excluding carboxylic acids is 1. The molecule has 1 amide bonds. The van der Waals surface area contributed by atoms with Crippen LogP contribution in [-0.2, 0) is 4.79 Å². The van der Waals surface area contributed by atoms with Crippen LogP contribution in [0.4, 0.5) is 0 Å². The lowest BCUT2D eigenvalue weighted by molar-refractivity contribution is -0.122. The second-order valence-corrected chi connectivity index (χ2v) is 4.04. The number of nitrogens with one attached hydrogen (secondary N) is 1.